The van der Waals surface area contributed by atoms with Crippen molar-refractivity contribution in [2.24, 2.45) is 17.8 Å². The van der Waals surface area contributed by atoms with Crippen molar-refractivity contribution in [1.29, 1.82) is 0 Å². The van der Waals surface area contributed by atoms with Crippen LogP contribution in [0.2, 0.25) is 0 Å². The zero-order chi connectivity index (χ0) is 37.9. The summed E-state index contributed by atoms with van der Waals surface area (Å²) in [6.45, 7) is 15.1. The SMILES string of the molecule is CCC(C)C(C)CC(C)COC.CCCC(F)(F)Oc1cc(NC(=O)c2c(F)cccc2NC(=O)c2c(OC)ccc3nc(C)sc23)ccc1C. The molecular weight excluding hydrogens is 680 g/mol. The number of alkyl halides is 2. The van der Waals surface area contributed by atoms with Gasteiger partial charge in [0.15, 0.2) is 0 Å². The molecule has 2 amide bonds. The van der Waals surface area contributed by atoms with Gasteiger partial charge in [-0.15, -0.1) is 11.3 Å². The maximum Gasteiger partial charge on any atom is 0.397 e. The van der Waals surface area contributed by atoms with Gasteiger partial charge in [-0.1, -0.05) is 53.2 Å². The molecule has 0 saturated heterocycles. The van der Waals surface area contributed by atoms with Gasteiger partial charge in [0.25, 0.3) is 11.8 Å². The smallest absolute Gasteiger partial charge is 0.397 e. The van der Waals surface area contributed by atoms with Crippen LogP contribution in [0.25, 0.3) is 10.2 Å². The van der Waals surface area contributed by atoms with Crippen molar-refractivity contribution in [1.82, 2.24) is 4.98 Å². The quantitative estimate of drug-likeness (QED) is 0.126. The number of carbonyl (C=O) groups excluding carboxylic acids is 2. The molecule has 2 N–H and O–H groups in total. The van der Waals surface area contributed by atoms with E-state index in [9.17, 15) is 22.8 Å². The van der Waals surface area contributed by atoms with Gasteiger partial charge in [-0.05, 0) is 80.3 Å². The molecule has 0 aliphatic heterocycles. The number of hydrogen-bond donors (Lipinski definition) is 2. The Bertz CT molecular complexity index is 1780. The fraction of sp³-hybridized carbons (Fsp3) is 0.462. The van der Waals surface area contributed by atoms with E-state index in [2.05, 4.69) is 43.3 Å². The molecule has 4 rings (SSSR count). The Labute approximate surface area is 303 Å². The second kappa shape index (κ2) is 18.9. The summed E-state index contributed by atoms with van der Waals surface area (Å²) in [5.41, 5.74) is 0.823. The Balaban J connectivity index is 0.000000501. The zero-order valence-electron chi connectivity index (χ0n) is 30.9. The van der Waals surface area contributed by atoms with Crippen LogP contribution in [0.1, 0.15) is 91.6 Å². The van der Waals surface area contributed by atoms with Gasteiger partial charge in [0.1, 0.15) is 22.9 Å². The number of amides is 2. The molecule has 0 bridgehead atoms. The number of methoxy groups -OCH3 is 2. The van der Waals surface area contributed by atoms with Crippen molar-refractivity contribution in [2.75, 3.05) is 31.5 Å². The summed E-state index contributed by atoms with van der Waals surface area (Å²) >= 11 is 1.30. The molecule has 12 heteroatoms. The number of halogens is 3. The van der Waals surface area contributed by atoms with Crippen molar-refractivity contribution in [3.8, 4) is 11.5 Å². The van der Waals surface area contributed by atoms with E-state index in [0.29, 0.717) is 21.7 Å². The lowest BCUT2D eigenvalue weighted by Crippen LogP contribution is -2.24. The Morgan fingerprint density at radius 1 is 0.922 bits per heavy atom. The maximum atomic E-state index is 14.9. The van der Waals surface area contributed by atoms with E-state index < -0.39 is 35.7 Å². The van der Waals surface area contributed by atoms with Crippen LogP contribution in [0.5, 0.6) is 11.5 Å². The number of nitrogens with one attached hydrogen (secondary N) is 2. The average Bonchev–Trinajstić information content (AvgIpc) is 3.45. The minimum atomic E-state index is -3.38. The van der Waals surface area contributed by atoms with Crippen LogP contribution in [-0.2, 0) is 4.74 Å². The van der Waals surface area contributed by atoms with E-state index in [0.717, 1.165) is 29.5 Å². The molecule has 8 nitrogen and oxygen atoms in total. The molecule has 3 atom stereocenters. The summed E-state index contributed by atoms with van der Waals surface area (Å²) in [6, 6.07) is 11.4. The summed E-state index contributed by atoms with van der Waals surface area (Å²) in [5.74, 6) is 0.166. The number of fused-ring (bicyclic) bond motifs is 1. The van der Waals surface area contributed by atoms with Crippen LogP contribution >= 0.6 is 11.3 Å². The number of anilines is 2. The van der Waals surface area contributed by atoms with Crippen molar-refractivity contribution in [2.45, 2.75) is 80.3 Å². The zero-order valence-corrected chi connectivity index (χ0v) is 31.7. The molecule has 0 saturated carbocycles. The van der Waals surface area contributed by atoms with E-state index in [4.69, 9.17) is 14.2 Å². The number of carbonyl (C=O) groups is 2. The lowest BCUT2D eigenvalue weighted by atomic mass is 9.86. The summed E-state index contributed by atoms with van der Waals surface area (Å²) in [7, 11) is 3.20. The predicted molar refractivity (Wildman–Crippen MR) is 199 cm³/mol. The number of hydrogen-bond acceptors (Lipinski definition) is 7. The Morgan fingerprint density at radius 3 is 2.27 bits per heavy atom. The van der Waals surface area contributed by atoms with Gasteiger partial charge >= 0.3 is 6.11 Å². The second-order valence-corrected chi connectivity index (χ2v) is 14.1. The van der Waals surface area contributed by atoms with Crippen LogP contribution in [0.3, 0.4) is 0 Å². The Hall–Kier alpha value is -4.16. The predicted octanol–water partition coefficient (Wildman–Crippen LogP) is 10.7. The minimum Gasteiger partial charge on any atom is -0.496 e. The molecule has 3 unspecified atom stereocenters. The minimum absolute atomic E-state index is 0.0872. The van der Waals surface area contributed by atoms with Crippen LogP contribution in [-0.4, -0.2) is 43.7 Å². The molecule has 1 aromatic heterocycles. The summed E-state index contributed by atoms with van der Waals surface area (Å²) in [5, 5.41) is 5.86. The maximum absolute atomic E-state index is 14.9. The number of benzene rings is 3. The second-order valence-electron chi connectivity index (χ2n) is 12.9. The molecule has 0 fully saturated rings. The molecular formula is C39H50F3N3O5S. The van der Waals surface area contributed by atoms with Gasteiger partial charge in [0.2, 0.25) is 0 Å². The van der Waals surface area contributed by atoms with Crippen molar-refractivity contribution >= 4 is 44.7 Å². The van der Waals surface area contributed by atoms with Crippen LogP contribution < -0.4 is 20.1 Å². The molecule has 0 aliphatic rings. The van der Waals surface area contributed by atoms with E-state index in [1.54, 1.807) is 40.0 Å². The van der Waals surface area contributed by atoms with Gasteiger partial charge in [0.05, 0.1) is 40.0 Å². The highest BCUT2D eigenvalue weighted by atomic mass is 32.1. The van der Waals surface area contributed by atoms with E-state index in [1.807, 2.05) is 0 Å². The van der Waals surface area contributed by atoms with Crippen molar-refractivity contribution in [3.05, 3.63) is 76.0 Å². The average molecular weight is 730 g/mol. The standard InChI is InChI=1S/C28H26F3N3O4S.C11H24O/c1-5-13-28(30,31)38-22-14-17(10-9-15(22)2)33-26(35)23-18(29)7-6-8-19(23)34-27(36)24-21(37-4)12-11-20-25(24)39-16(3)32-20;1-6-10(3)11(4)7-9(2)8-12-5/h6-12,14H,5,13H2,1-4H3,(H,33,35)(H,34,36);9-11H,6-8H2,1-5H3. The van der Waals surface area contributed by atoms with E-state index in [-0.39, 0.29) is 34.9 Å². The Kier molecular flexibility index (Phi) is 15.3. The van der Waals surface area contributed by atoms with Gasteiger partial charge < -0.3 is 24.8 Å². The highest BCUT2D eigenvalue weighted by molar-refractivity contribution is 7.19. The highest BCUT2D eigenvalue weighted by Gasteiger charge is 2.31. The van der Waals surface area contributed by atoms with Gasteiger partial charge in [-0.25, -0.2) is 9.37 Å². The third-order valence-corrected chi connectivity index (χ3v) is 9.65. The molecule has 0 aliphatic carbocycles. The van der Waals surface area contributed by atoms with E-state index in [1.165, 1.54) is 61.6 Å². The summed E-state index contributed by atoms with van der Waals surface area (Å²) < 4.78 is 59.0. The molecule has 278 valence electrons. The van der Waals surface area contributed by atoms with Gasteiger partial charge in [0, 0.05) is 25.5 Å². The number of aryl methyl sites for hydroxylation is 2. The number of thiazole rings is 1. The molecule has 3 aromatic carbocycles. The van der Waals surface area contributed by atoms with Crippen molar-refractivity contribution in [3.63, 3.8) is 0 Å². The molecule has 51 heavy (non-hydrogen) atoms. The first kappa shape index (κ1) is 41.3. The normalized spacial score (nSPS) is 13.1. The first-order valence-corrected chi connectivity index (χ1v) is 18.0. The van der Waals surface area contributed by atoms with Crippen molar-refractivity contribution < 1.29 is 37.0 Å². The summed E-state index contributed by atoms with van der Waals surface area (Å²) in [4.78, 5) is 30.9. The lowest BCUT2D eigenvalue weighted by Gasteiger charge is -2.21. The molecule has 0 radical (unpaired) electrons. The fourth-order valence-corrected chi connectivity index (χ4v) is 6.57. The van der Waals surface area contributed by atoms with Crippen LogP contribution in [0.15, 0.2) is 48.5 Å². The molecule has 1 heterocycles. The molecule has 0 spiro atoms. The molecule has 4 aromatic rings. The van der Waals surface area contributed by atoms with Crippen LogP contribution in [0, 0.1) is 37.4 Å². The van der Waals surface area contributed by atoms with E-state index >= 15 is 0 Å². The monoisotopic (exact) mass is 729 g/mol. The lowest BCUT2D eigenvalue weighted by molar-refractivity contribution is -0.180. The van der Waals surface area contributed by atoms with Crippen LogP contribution in [0.4, 0.5) is 24.5 Å². The fourth-order valence-electron chi connectivity index (χ4n) is 5.62. The number of nitrogens with zero attached hydrogens (tertiary/aromatic N) is 1. The largest absolute Gasteiger partial charge is 0.496 e. The number of rotatable bonds is 15. The number of aromatic nitrogens is 1. The van der Waals surface area contributed by atoms with Gasteiger partial charge in [-0.3, -0.25) is 9.59 Å². The summed E-state index contributed by atoms with van der Waals surface area (Å²) in [6.07, 6.45) is -1.05. The third-order valence-electron chi connectivity index (χ3n) is 8.65. The van der Waals surface area contributed by atoms with Gasteiger partial charge in [-0.2, -0.15) is 8.78 Å². The Morgan fingerprint density at radius 2 is 1.63 bits per heavy atom. The topological polar surface area (TPSA) is 98.8 Å². The third kappa shape index (κ3) is 11.4. The number of ether oxygens (including phenoxy) is 3. The first-order valence-electron chi connectivity index (χ1n) is 17.2. The first-order chi connectivity index (χ1) is 24.1. The highest BCUT2D eigenvalue weighted by Crippen LogP contribution is 2.34.